The molecule has 0 saturated carbocycles. The Balaban J connectivity index is 1.47. The fraction of sp³-hybridized carbons (Fsp3) is 0.441. The standard InChI is InChI=1S/C34H41Cl2N7O5/c1-5-18(3)26(40-33(46)47-17-20-10-8-7-9-11-20)29(44)41-34(31(45)39-27(19(4)6-2)30-42-43-32(37)48-30)13-12-25-23(16-34)22-14-21(35)15-24(36)28(22)38-25/h7-11,14-15,18-19,26-27,38H,5-6,12-13,16-17H2,1-4H3,(H2,37,43)(H,39,45)(H,40,46)(H,41,44)/t18?,19?,26?,27?,34-/m0/s1. The van der Waals surface area contributed by atoms with Crippen LogP contribution in [0.1, 0.15) is 75.7 Å². The molecule has 12 nitrogen and oxygen atoms in total. The van der Waals surface area contributed by atoms with E-state index in [9.17, 15) is 14.4 Å². The number of halogens is 2. The van der Waals surface area contributed by atoms with Gasteiger partial charge < -0.3 is 35.8 Å². The minimum Gasteiger partial charge on any atom is -0.445 e. The second-order valence-corrected chi connectivity index (χ2v) is 13.4. The van der Waals surface area contributed by atoms with E-state index in [0.29, 0.717) is 34.8 Å². The third kappa shape index (κ3) is 7.55. The number of carbonyl (C=O) groups is 3. The number of hydrogen-bond donors (Lipinski definition) is 5. The number of alkyl carbamates (subject to hydrolysis) is 1. The summed E-state index contributed by atoms with van der Waals surface area (Å²) < 4.78 is 11.0. The number of ether oxygens (including phenoxy) is 1. The second-order valence-electron chi connectivity index (χ2n) is 12.5. The number of amides is 3. The van der Waals surface area contributed by atoms with E-state index in [1.54, 1.807) is 12.1 Å². The van der Waals surface area contributed by atoms with Crippen molar-refractivity contribution in [3.8, 4) is 0 Å². The first-order valence-electron chi connectivity index (χ1n) is 16.1. The Kier molecular flexibility index (Phi) is 10.8. The topological polar surface area (TPSA) is 177 Å². The summed E-state index contributed by atoms with van der Waals surface area (Å²) in [5, 5.41) is 18.4. The molecule has 4 aromatic rings. The average Bonchev–Trinajstić information content (AvgIpc) is 3.67. The predicted molar refractivity (Wildman–Crippen MR) is 183 cm³/mol. The first-order valence-corrected chi connectivity index (χ1v) is 16.9. The molecule has 0 spiro atoms. The Morgan fingerprint density at radius 1 is 1.06 bits per heavy atom. The third-order valence-electron chi connectivity index (χ3n) is 9.30. The normalized spacial score (nSPS) is 18.3. The molecule has 4 unspecified atom stereocenters. The molecule has 256 valence electrons. The van der Waals surface area contributed by atoms with E-state index >= 15 is 0 Å². The molecule has 5 atom stereocenters. The molecule has 2 aromatic heterocycles. The maximum Gasteiger partial charge on any atom is 0.408 e. The number of aromatic amines is 1. The van der Waals surface area contributed by atoms with E-state index in [4.69, 9.17) is 38.1 Å². The highest BCUT2D eigenvalue weighted by Gasteiger charge is 2.47. The average molecular weight is 699 g/mol. The Bertz CT molecular complexity index is 1780. The van der Waals surface area contributed by atoms with Crippen molar-refractivity contribution in [1.82, 2.24) is 31.1 Å². The summed E-state index contributed by atoms with van der Waals surface area (Å²) in [6.45, 7) is 7.74. The summed E-state index contributed by atoms with van der Waals surface area (Å²) in [5.74, 6) is -1.19. The van der Waals surface area contributed by atoms with Crippen molar-refractivity contribution in [3.05, 3.63) is 75.2 Å². The SMILES string of the molecule is CCC(C)C(NC(=O)OCc1ccccc1)C(=O)N[C@@]1(C(=O)NC(c2nnc(N)o2)C(C)CC)CCc2[nH]c3c(Cl)cc(Cl)cc3c2C1. The third-order valence-corrected chi connectivity index (χ3v) is 9.82. The number of aromatic nitrogens is 3. The van der Waals surface area contributed by atoms with Crippen molar-refractivity contribution in [1.29, 1.82) is 0 Å². The van der Waals surface area contributed by atoms with Crippen molar-refractivity contribution in [2.45, 2.75) is 84.0 Å². The number of aryl methyl sites for hydroxylation is 1. The van der Waals surface area contributed by atoms with Crippen LogP contribution in [-0.2, 0) is 33.8 Å². The maximum atomic E-state index is 14.6. The van der Waals surface area contributed by atoms with Crippen LogP contribution < -0.4 is 21.7 Å². The molecule has 48 heavy (non-hydrogen) atoms. The zero-order chi connectivity index (χ0) is 34.6. The molecule has 3 amide bonds. The molecule has 1 aliphatic carbocycles. The highest BCUT2D eigenvalue weighted by atomic mass is 35.5. The summed E-state index contributed by atoms with van der Waals surface area (Å²) in [4.78, 5) is 45.2. The first-order chi connectivity index (χ1) is 22.9. The fourth-order valence-corrected chi connectivity index (χ4v) is 6.61. The van der Waals surface area contributed by atoms with Crippen LogP contribution in [-0.4, -0.2) is 44.7 Å². The second kappa shape index (κ2) is 14.9. The van der Waals surface area contributed by atoms with E-state index in [1.807, 2.05) is 58.0 Å². The number of H-pyrrole nitrogens is 1. The van der Waals surface area contributed by atoms with Gasteiger partial charge in [0.15, 0.2) is 0 Å². The predicted octanol–water partition coefficient (Wildman–Crippen LogP) is 6.03. The molecule has 5 rings (SSSR count). The van der Waals surface area contributed by atoms with Gasteiger partial charge in [-0.1, -0.05) is 99.2 Å². The van der Waals surface area contributed by atoms with Crippen LogP contribution in [0.5, 0.6) is 0 Å². The van der Waals surface area contributed by atoms with E-state index in [2.05, 4.69) is 31.1 Å². The summed E-state index contributed by atoms with van der Waals surface area (Å²) >= 11 is 12.9. The molecule has 0 radical (unpaired) electrons. The van der Waals surface area contributed by atoms with Gasteiger partial charge in [-0.2, -0.15) is 0 Å². The highest BCUT2D eigenvalue weighted by Crippen LogP contribution is 2.39. The fourth-order valence-electron chi connectivity index (χ4n) is 6.07. The summed E-state index contributed by atoms with van der Waals surface area (Å²) in [5.41, 5.74) is 7.52. The van der Waals surface area contributed by atoms with Crippen LogP contribution in [0.4, 0.5) is 10.8 Å². The quantitative estimate of drug-likeness (QED) is 0.119. The van der Waals surface area contributed by atoms with Gasteiger partial charge in [-0.15, -0.1) is 5.10 Å². The molecular formula is C34H41Cl2N7O5. The number of benzene rings is 2. The van der Waals surface area contributed by atoms with Gasteiger partial charge >= 0.3 is 12.1 Å². The van der Waals surface area contributed by atoms with Crippen molar-refractivity contribution >= 4 is 58.0 Å². The van der Waals surface area contributed by atoms with E-state index in [-0.39, 0.29) is 43.2 Å². The monoisotopic (exact) mass is 697 g/mol. The molecular weight excluding hydrogens is 657 g/mol. The van der Waals surface area contributed by atoms with E-state index in [1.165, 1.54) is 0 Å². The summed E-state index contributed by atoms with van der Waals surface area (Å²) in [7, 11) is 0. The van der Waals surface area contributed by atoms with E-state index in [0.717, 1.165) is 22.2 Å². The van der Waals surface area contributed by atoms with Crippen LogP contribution in [0.25, 0.3) is 10.9 Å². The van der Waals surface area contributed by atoms with Crippen molar-refractivity contribution in [3.63, 3.8) is 0 Å². The molecule has 0 saturated heterocycles. The Morgan fingerprint density at radius 3 is 2.46 bits per heavy atom. The lowest BCUT2D eigenvalue weighted by atomic mass is 9.78. The zero-order valence-corrected chi connectivity index (χ0v) is 28.9. The first kappa shape index (κ1) is 35.0. The smallest absolute Gasteiger partial charge is 0.408 e. The molecule has 0 fully saturated rings. The lowest BCUT2D eigenvalue weighted by Gasteiger charge is -2.39. The van der Waals surface area contributed by atoms with Gasteiger partial charge in [0.05, 0.1) is 10.5 Å². The van der Waals surface area contributed by atoms with Crippen LogP contribution >= 0.6 is 23.2 Å². The number of anilines is 1. The van der Waals surface area contributed by atoms with Crippen molar-refractivity contribution < 1.29 is 23.5 Å². The molecule has 0 bridgehead atoms. The number of carbonyl (C=O) groups excluding carboxylic acids is 3. The van der Waals surface area contributed by atoms with Gasteiger partial charge in [-0.25, -0.2) is 4.79 Å². The summed E-state index contributed by atoms with van der Waals surface area (Å²) in [6.07, 6.45) is 1.32. The number of nitrogen functional groups attached to an aromatic ring is 1. The van der Waals surface area contributed by atoms with Crippen LogP contribution in [0.15, 0.2) is 46.9 Å². The molecule has 2 aromatic carbocycles. The number of fused-ring (bicyclic) bond motifs is 3. The summed E-state index contributed by atoms with van der Waals surface area (Å²) in [6, 6.07) is 10.9. The van der Waals surface area contributed by atoms with Crippen molar-refractivity contribution in [2.24, 2.45) is 11.8 Å². The number of nitrogens with one attached hydrogen (secondary N) is 4. The lowest BCUT2D eigenvalue weighted by Crippen LogP contribution is -2.65. The minimum absolute atomic E-state index is 0.0412. The minimum atomic E-state index is -1.44. The number of hydrogen-bond acceptors (Lipinski definition) is 8. The highest BCUT2D eigenvalue weighted by molar-refractivity contribution is 6.38. The Hall–Kier alpha value is -4.29. The van der Waals surface area contributed by atoms with Gasteiger partial charge in [0.2, 0.25) is 17.7 Å². The number of nitrogens with two attached hydrogens (primary N) is 1. The van der Waals surface area contributed by atoms with Crippen LogP contribution in [0.3, 0.4) is 0 Å². The number of nitrogens with zero attached hydrogens (tertiary/aromatic N) is 2. The Labute approximate surface area is 288 Å². The van der Waals surface area contributed by atoms with Gasteiger partial charge in [-0.3, -0.25) is 9.59 Å². The van der Waals surface area contributed by atoms with Gasteiger partial charge in [0.1, 0.15) is 24.2 Å². The molecule has 2 heterocycles. The van der Waals surface area contributed by atoms with Gasteiger partial charge in [0, 0.05) is 22.5 Å². The largest absolute Gasteiger partial charge is 0.445 e. The lowest BCUT2D eigenvalue weighted by molar-refractivity contribution is -0.136. The molecule has 14 heteroatoms. The van der Waals surface area contributed by atoms with Crippen LogP contribution in [0, 0.1) is 11.8 Å². The van der Waals surface area contributed by atoms with E-state index < -0.39 is 35.5 Å². The number of rotatable bonds is 12. The van der Waals surface area contributed by atoms with Crippen LogP contribution in [0.2, 0.25) is 10.0 Å². The molecule has 6 N–H and O–H groups in total. The zero-order valence-electron chi connectivity index (χ0n) is 27.4. The molecule has 0 aliphatic heterocycles. The Morgan fingerprint density at radius 2 is 1.79 bits per heavy atom. The van der Waals surface area contributed by atoms with Gasteiger partial charge in [0.25, 0.3) is 0 Å². The van der Waals surface area contributed by atoms with Gasteiger partial charge in [-0.05, 0) is 47.9 Å². The maximum absolute atomic E-state index is 14.6. The molecule has 1 aliphatic rings. The van der Waals surface area contributed by atoms with Crippen molar-refractivity contribution in [2.75, 3.05) is 5.73 Å².